The fourth-order valence-corrected chi connectivity index (χ4v) is 1.87. The molecule has 0 bridgehead atoms. The number of anilines is 1. The molecule has 0 aliphatic heterocycles. The van der Waals surface area contributed by atoms with E-state index >= 15 is 0 Å². The molecule has 0 aromatic carbocycles. The number of amides is 1. The molecule has 1 rings (SSSR count). The highest BCUT2D eigenvalue weighted by Crippen LogP contribution is 2.05. The first-order chi connectivity index (χ1) is 7.96. The molecule has 17 heavy (non-hydrogen) atoms. The first-order valence-electron chi connectivity index (χ1n) is 5.15. The van der Waals surface area contributed by atoms with E-state index in [-0.39, 0.29) is 29.4 Å². The molecule has 3 N–H and O–H groups in total. The molecule has 0 unspecified atom stereocenters. The van der Waals surface area contributed by atoms with Crippen LogP contribution >= 0.6 is 0 Å². The molecule has 0 saturated heterocycles. The minimum Gasteiger partial charge on any atom is -0.383 e. The Balaban J connectivity index is 2.55. The first kappa shape index (κ1) is 13.4. The van der Waals surface area contributed by atoms with Gasteiger partial charge in [0.15, 0.2) is 9.84 Å². The second-order valence-electron chi connectivity index (χ2n) is 3.43. The molecule has 1 heterocycles. The molecule has 0 saturated carbocycles. The molecule has 0 fully saturated rings. The Morgan fingerprint density at radius 1 is 1.53 bits per heavy atom. The molecule has 7 heteroatoms. The van der Waals surface area contributed by atoms with Crippen molar-refractivity contribution >= 4 is 21.6 Å². The molecule has 0 aliphatic carbocycles. The summed E-state index contributed by atoms with van der Waals surface area (Å²) in [6.45, 7) is 1.64. The van der Waals surface area contributed by atoms with Crippen LogP contribution in [0.1, 0.15) is 17.3 Å². The standard InChI is InChI=1S/C10H15N3O3S/c1-2-17(15,16)7-6-13-10(14)8-4-3-5-12-9(8)11/h3-5H,2,6-7H2,1H3,(H2,11,12)(H,13,14). The van der Waals surface area contributed by atoms with Gasteiger partial charge in [0, 0.05) is 18.5 Å². The lowest BCUT2D eigenvalue weighted by Crippen LogP contribution is -2.30. The van der Waals surface area contributed by atoms with Crippen molar-refractivity contribution in [2.45, 2.75) is 6.92 Å². The zero-order valence-corrected chi connectivity index (χ0v) is 10.3. The molecule has 1 amide bonds. The molecule has 94 valence electrons. The predicted molar refractivity (Wildman–Crippen MR) is 65.3 cm³/mol. The number of nitrogens with one attached hydrogen (secondary N) is 1. The summed E-state index contributed by atoms with van der Waals surface area (Å²) in [6, 6.07) is 3.13. The number of carbonyl (C=O) groups is 1. The second kappa shape index (κ2) is 5.62. The summed E-state index contributed by atoms with van der Waals surface area (Å²) in [6.07, 6.45) is 1.48. The summed E-state index contributed by atoms with van der Waals surface area (Å²) >= 11 is 0. The summed E-state index contributed by atoms with van der Waals surface area (Å²) in [5, 5.41) is 2.49. The summed E-state index contributed by atoms with van der Waals surface area (Å²) in [4.78, 5) is 15.4. The van der Waals surface area contributed by atoms with Crippen molar-refractivity contribution < 1.29 is 13.2 Å². The highest BCUT2D eigenvalue weighted by Gasteiger charge is 2.11. The summed E-state index contributed by atoms with van der Waals surface area (Å²) in [5.74, 6) is -0.293. The first-order valence-corrected chi connectivity index (χ1v) is 6.97. The Kier molecular flexibility index (Phi) is 4.45. The van der Waals surface area contributed by atoms with Gasteiger partial charge in [-0.2, -0.15) is 0 Å². The SMILES string of the molecule is CCS(=O)(=O)CCNC(=O)c1cccnc1N. The maximum atomic E-state index is 11.6. The van der Waals surface area contributed by atoms with Gasteiger partial charge in [-0.1, -0.05) is 6.92 Å². The van der Waals surface area contributed by atoms with Crippen molar-refractivity contribution in [1.82, 2.24) is 10.3 Å². The molecular weight excluding hydrogens is 242 g/mol. The van der Waals surface area contributed by atoms with Crippen LogP contribution in [0.2, 0.25) is 0 Å². The van der Waals surface area contributed by atoms with E-state index in [1.807, 2.05) is 0 Å². The smallest absolute Gasteiger partial charge is 0.255 e. The number of nitrogen functional groups attached to an aromatic ring is 1. The van der Waals surface area contributed by atoms with Gasteiger partial charge in [0.1, 0.15) is 5.82 Å². The third-order valence-electron chi connectivity index (χ3n) is 2.22. The van der Waals surface area contributed by atoms with E-state index in [1.165, 1.54) is 12.3 Å². The third-order valence-corrected chi connectivity index (χ3v) is 3.93. The third kappa shape index (κ3) is 4.03. The molecule has 0 spiro atoms. The van der Waals surface area contributed by atoms with Gasteiger partial charge < -0.3 is 11.1 Å². The van der Waals surface area contributed by atoms with Gasteiger partial charge in [-0.05, 0) is 12.1 Å². The summed E-state index contributed by atoms with van der Waals surface area (Å²) in [5.41, 5.74) is 5.77. The van der Waals surface area contributed by atoms with Crippen molar-refractivity contribution in [1.29, 1.82) is 0 Å². The average Bonchev–Trinajstić information content (AvgIpc) is 2.29. The molecular formula is C10H15N3O3S. The molecule has 0 radical (unpaired) electrons. The van der Waals surface area contributed by atoms with E-state index in [0.717, 1.165) is 0 Å². The number of hydrogen-bond donors (Lipinski definition) is 2. The normalized spacial score (nSPS) is 11.1. The van der Waals surface area contributed by atoms with E-state index < -0.39 is 15.7 Å². The van der Waals surface area contributed by atoms with Crippen LogP contribution in [0.5, 0.6) is 0 Å². The van der Waals surface area contributed by atoms with Gasteiger partial charge in [-0.15, -0.1) is 0 Å². The Labute approximate surface area is 100 Å². The molecule has 0 atom stereocenters. The van der Waals surface area contributed by atoms with Gasteiger partial charge in [-0.3, -0.25) is 4.79 Å². The molecule has 6 nitrogen and oxygen atoms in total. The van der Waals surface area contributed by atoms with Gasteiger partial charge >= 0.3 is 0 Å². The lowest BCUT2D eigenvalue weighted by atomic mass is 10.2. The Morgan fingerprint density at radius 3 is 2.82 bits per heavy atom. The zero-order chi connectivity index (χ0) is 12.9. The highest BCUT2D eigenvalue weighted by atomic mass is 32.2. The second-order valence-corrected chi connectivity index (χ2v) is 5.90. The lowest BCUT2D eigenvalue weighted by molar-refractivity contribution is 0.0956. The van der Waals surface area contributed by atoms with Crippen LogP contribution in [-0.2, 0) is 9.84 Å². The number of pyridine rings is 1. The quantitative estimate of drug-likeness (QED) is 0.762. The Morgan fingerprint density at radius 2 is 2.24 bits per heavy atom. The van der Waals surface area contributed by atoms with Gasteiger partial charge in [0.2, 0.25) is 0 Å². The zero-order valence-electron chi connectivity index (χ0n) is 9.51. The van der Waals surface area contributed by atoms with Crippen molar-refractivity contribution in [2.24, 2.45) is 0 Å². The summed E-state index contributed by atoms with van der Waals surface area (Å²) in [7, 11) is -3.07. The van der Waals surface area contributed by atoms with E-state index in [2.05, 4.69) is 10.3 Å². The Bertz CT molecular complexity index is 499. The van der Waals surface area contributed by atoms with E-state index in [1.54, 1.807) is 13.0 Å². The minimum atomic E-state index is -3.07. The fraction of sp³-hybridized carbons (Fsp3) is 0.400. The van der Waals surface area contributed by atoms with Gasteiger partial charge in [0.05, 0.1) is 11.3 Å². The minimum absolute atomic E-state index is 0.0674. The van der Waals surface area contributed by atoms with Gasteiger partial charge in [-0.25, -0.2) is 13.4 Å². The van der Waals surface area contributed by atoms with Crippen LogP contribution in [0.15, 0.2) is 18.3 Å². The van der Waals surface area contributed by atoms with Crippen molar-refractivity contribution in [3.63, 3.8) is 0 Å². The lowest BCUT2D eigenvalue weighted by Gasteiger charge is -2.06. The van der Waals surface area contributed by atoms with E-state index in [4.69, 9.17) is 5.73 Å². The number of hydrogen-bond acceptors (Lipinski definition) is 5. The maximum absolute atomic E-state index is 11.6. The topological polar surface area (TPSA) is 102 Å². The van der Waals surface area contributed by atoms with Crippen molar-refractivity contribution in [3.8, 4) is 0 Å². The molecule has 1 aromatic heterocycles. The van der Waals surface area contributed by atoms with Crippen LogP contribution in [-0.4, -0.2) is 37.4 Å². The number of carbonyl (C=O) groups excluding carboxylic acids is 1. The van der Waals surface area contributed by atoms with E-state index in [0.29, 0.717) is 0 Å². The van der Waals surface area contributed by atoms with Crippen LogP contribution < -0.4 is 11.1 Å². The van der Waals surface area contributed by atoms with Crippen molar-refractivity contribution in [3.05, 3.63) is 23.9 Å². The number of aromatic nitrogens is 1. The maximum Gasteiger partial charge on any atom is 0.255 e. The summed E-state index contributed by atoms with van der Waals surface area (Å²) < 4.78 is 22.4. The number of nitrogens with zero attached hydrogens (tertiary/aromatic N) is 1. The molecule has 0 aliphatic rings. The molecule has 1 aromatic rings. The highest BCUT2D eigenvalue weighted by molar-refractivity contribution is 7.91. The largest absolute Gasteiger partial charge is 0.383 e. The van der Waals surface area contributed by atoms with Crippen LogP contribution in [0.3, 0.4) is 0 Å². The fourth-order valence-electron chi connectivity index (χ4n) is 1.17. The van der Waals surface area contributed by atoms with Crippen LogP contribution in [0, 0.1) is 0 Å². The number of sulfone groups is 1. The predicted octanol–water partition coefficient (Wildman–Crippen LogP) is -0.172. The van der Waals surface area contributed by atoms with Gasteiger partial charge in [0.25, 0.3) is 5.91 Å². The Hall–Kier alpha value is -1.63. The van der Waals surface area contributed by atoms with Crippen molar-refractivity contribution in [2.75, 3.05) is 23.8 Å². The van der Waals surface area contributed by atoms with Crippen LogP contribution in [0.25, 0.3) is 0 Å². The number of rotatable bonds is 5. The van der Waals surface area contributed by atoms with Crippen LogP contribution in [0.4, 0.5) is 5.82 Å². The monoisotopic (exact) mass is 257 g/mol. The average molecular weight is 257 g/mol. The number of nitrogens with two attached hydrogens (primary N) is 1. The van der Waals surface area contributed by atoms with E-state index in [9.17, 15) is 13.2 Å².